The molecule has 0 N–H and O–H groups in total. The van der Waals surface area contributed by atoms with Gasteiger partial charge in [-0.05, 0) is 54.8 Å². The van der Waals surface area contributed by atoms with Crippen LogP contribution < -0.4 is 0 Å². The Labute approximate surface area is 149 Å². The predicted octanol–water partition coefficient (Wildman–Crippen LogP) is 5.59. The van der Waals surface area contributed by atoms with Crippen LogP contribution >= 0.6 is 0 Å². The lowest BCUT2D eigenvalue weighted by molar-refractivity contribution is 0.551. The molecule has 0 saturated carbocycles. The van der Waals surface area contributed by atoms with Crippen LogP contribution in [0.4, 0.5) is 0 Å². The van der Waals surface area contributed by atoms with E-state index >= 15 is 0 Å². The van der Waals surface area contributed by atoms with E-state index < -0.39 is 16.7 Å². The Hall–Kier alpha value is -1.46. The Morgan fingerprint density at radius 1 is 1.17 bits per heavy atom. The average Bonchev–Trinajstić information content (AvgIpc) is 3.11. The van der Waals surface area contributed by atoms with Crippen molar-refractivity contribution >= 4 is 27.7 Å². The molecule has 2 aliphatic rings. The first-order valence-corrected chi connectivity index (χ1v) is 14.8. The summed E-state index contributed by atoms with van der Waals surface area (Å²) < 4.78 is 6.50. The van der Waals surface area contributed by atoms with Crippen molar-refractivity contribution < 1.29 is 4.43 Å². The monoisotopic (exact) mass is 352 g/mol. The highest BCUT2D eigenvalue weighted by Gasteiger charge is 2.26. The highest BCUT2D eigenvalue weighted by molar-refractivity contribution is 6.76. The van der Waals surface area contributed by atoms with E-state index in [1.54, 1.807) is 5.57 Å². The number of allylic oxidation sites excluding steroid dienone is 5. The normalized spacial score (nSPS) is 16.3. The summed E-state index contributed by atoms with van der Waals surface area (Å²) in [4.78, 5) is 0. The summed E-state index contributed by atoms with van der Waals surface area (Å²) >= 11 is 0. The van der Waals surface area contributed by atoms with E-state index in [9.17, 15) is 0 Å². The molecular weight excluding hydrogens is 324 g/mol. The average molecular weight is 353 g/mol. The molecule has 24 heavy (non-hydrogen) atoms. The smallest absolute Gasteiger partial charge is 0.241 e. The zero-order valence-corrected chi connectivity index (χ0v) is 17.6. The van der Waals surface area contributed by atoms with Crippen LogP contribution in [0.2, 0.25) is 32.7 Å². The highest BCUT2D eigenvalue weighted by Crippen LogP contribution is 2.41. The summed E-state index contributed by atoms with van der Waals surface area (Å²) in [5.74, 6) is 0. The number of fused-ring (bicyclic) bond motifs is 1. The number of hydrogen-bond donors (Lipinski definition) is 0. The summed E-state index contributed by atoms with van der Waals surface area (Å²) in [6.07, 6.45) is 9.91. The Balaban J connectivity index is 1.98. The van der Waals surface area contributed by atoms with E-state index in [0.29, 0.717) is 0 Å². The Morgan fingerprint density at radius 3 is 2.54 bits per heavy atom. The minimum atomic E-state index is -1.55. The maximum absolute atomic E-state index is 6.50. The van der Waals surface area contributed by atoms with Gasteiger partial charge >= 0.3 is 0 Å². The molecule has 0 amide bonds. The third kappa shape index (κ3) is 3.78. The Bertz CT molecular complexity index is 769. The Kier molecular flexibility index (Phi) is 4.93. The molecule has 0 radical (unpaired) electrons. The van der Waals surface area contributed by atoms with Gasteiger partial charge in [-0.2, -0.15) is 0 Å². The molecule has 0 atom stereocenters. The molecule has 0 saturated heterocycles. The van der Waals surface area contributed by atoms with Crippen LogP contribution in [0.25, 0.3) is 5.57 Å². The molecule has 0 fully saturated rings. The largest absolute Gasteiger partial charge is 0.552 e. The van der Waals surface area contributed by atoms with Crippen LogP contribution in [-0.4, -0.2) is 22.1 Å². The zero-order valence-electron chi connectivity index (χ0n) is 15.6. The lowest BCUT2D eigenvalue weighted by Gasteiger charge is -2.24. The molecule has 0 unspecified atom stereocenters. The molecule has 1 aromatic rings. The molecule has 0 aromatic heterocycles. The number of rotatable bonds is 5. The van der Waals surface area contributed by atoms with Gasteiger partial charge in [0.1, 0.15) is 0 Å². The molecule has 0 spiro atoms. The summed E-state index contributed by atoms with van der Waals surface area (Å²) in [5, 5.41) is 1.37. The minimum absolute atomic E-state index is 0.566. The van der Waals surface area contributed by atoms with Crippen molar-refractivity contribution in [3.63, 3.8) is 0 Å². The van der Waals surface area contributed by atoms with Gasteiger partial charge in [0.15, 0.2) is 0 Å². The van der Waals surface area contributed by atoms with E-state index in [4.69, 9.17) is 4.43 Å². The SMILES string of the molecule is C[Si](C)=C(CC1=C(C2=CC=CC2)c2ccccc2C1)O[Si](C)(C)C. The molecule has 2 aliphatic carbocycles. The first-order chi connectivity index (χ1) is 11.3. The van der Waals surface area contributed by atoms with E-state index in [1.807, 2.05) is 0 Å². The molecule has 3 rings (SSSR count). The van der Waals surface area contributed by atoms with Crippen LogP contribution in [0.3, 0.4) is 0 Å². The molecular formula is C21H28OSi2. The van der Waals surface area contributed by atoms with E-state index in [2.05, 4.69) is 75.2 Å². The van der Waals surface area contributed by atoms with Crippen LogP contribution in [0.5, 0.6) is 0 Å². The van der Waals surface area contributed by atoms with Crippen molar-refractivity contribution in [2.45, 2.75) is 52.0 Å². The third-order valence-corrected chi connectivity index (χ3v) is 6.95. The molecule has 126 valence electrons. The topological polar surface area (TPSA) is 9.23 Å². The molecule has 1 nitrogen and oxygen atoms in total. The lowest BCUT2D eigenvalue weighted by atomic mass is 9.96. The summed E-state index contributed by atoms with van der Waals surface area (Å²) in [5.41, 5.74) is 7.45. The maximum Gasteiger partial charge on any atom is 0.241 e. The first kappa shape index (κ1) is 17.4. The Morgan fingerprint density at radius 2 is 1.92 bits per heavy atom. The highest BCUT2D eigenvalue weighted by atomic mass is 28.4. The van der Waals surface area contributed by atoms with Gasteiger partial charge in [-0.15, -0.1) is 0 Å². The zero-order chi connectivity index (χ0) is 17.3. The van der Waals surface area contributed by atoms with Crippen molar-refractivity contribution in [1.29, 1.82) is 0 Å². The fourth-order valence-corrected chi connectivity index (χ4v) is 6.60. The minimum Gasteiger partial charge on any atom is -0.552 e. The summed E-state index contributed by atoms with van der Waals surface area (Å²) in [6.45, 7) is 11.6. The van der Waals surface area contributed by atoms with Gasteiger partial charge in [0, 0.05) is 6.42 Å². The van der Waals surface area contributed by atoms with E-state index in [-0.39, 0.29) is 0 Å². The number of hydrogen-bond acceptors (Lipinski definition) is 1. The maximum atomic E-state index is 6.50. The quantitative estimate of drug-likeness (QED) is 0.628. The van der Waals surface area contributed by atoms with Crippen LogP contribution in [0.15, 0.2) is 53.6 Å². The van der Waals surface area contributed by atoms with Gasteiger partial charge in [-0.3, -0.25) is 0 Å². The van der Waals surface area contributed by atoms with Crippen molar-refractivity contribution in [2.75, 3.05) is 0 Å². The van der Waals surface area contributed by atoms with Gasteiger partial charge in [-0.1, -0.05) is 61.2 Å². The third-order valence-electron chi connectivity index (χ3n) is 4.50. The molecule has 0 heterocycles. The summed E-state index contributed by atoms with van der Waals surface area (Å²) in [7, 11) is -2.12. The van der Waals surface area contributed by atoms with E-state index in [0.717, 1.165) is 19.3 Å². The molecule has 0 aliphatic heterocycles. The van der Waals surface area contributed by atoms with Crippen molar-refractivity contribution in [1.82, 2.24) is 0 Å². The van der Waals surface area contributed by atoms with Crippen LogP contribution in [0.1, 0.15) is 24.0 Å². The van der Waals surface area contributed by atoms with Crippen molar-refractivity contribution in [3.05, 3.63) is 64.8 Å². The standard InChI is InChI=1S/C21H28OSi2/c1-23(2)20(22-24(3,4)5)15-18-14-17-12-8-9-13-19(17)21(18)16-10-6-7-11-16/h6-10,12-13H,11,14-15H2,1-5H3. The van der Waals surface area contributed by atoms with Crippen LogP contribution in [-0.2, 0) is 10.8 Å². The lowest BCUT2D eigenvalue weighted by Crippen LogP contribution is -2.32. The van der Waals surface area contributed by atoms with Gasteiger partial charge in [-0.25, -0.2) is 0 Å². The summed E-state index contributed by atoms with van der Waals surface area (Å²) in [6, 6.07) is 8.91. The second-order valence-electron chi connectivity index (χ2n) is 7.95. The first-order valence-electron chi connectivity index (χ1n) is 8.87. The fourth-order valence-electron chi connectivity index (χ4n) is 3.49. The van der Waals surface area contributed by atoms with Gasteiger partial charge in [0.25, 0.3) is 0 Å². The second kappa shape index (κ2) is 6.81. The van der Waals surface area contributed by atoms with Crippen molar-refractivity contribution in [2.24, 2.45) is 0 Å². The predicted molar refractivity (Wildman–Crippen MR) is 110 cm³/mol. The molecule has 0 bridgehead atoms. The fraction of sp³-hybridized carbons (Fsp3) is 0.381. The van der Waals surface area contributed by atoms with Gasteiger partial charge < -0.3 is 4.43 Å². The van der Waals surface area contributed by atoms with Gasteiger partial charge in [0.05, 0.1) is 13.8 Å². The number of benzene rings is 1. The van der Waals surface area contributed by atoms with E-state index in [1.165, 1.54) is 27.6 Å². The van der Waals surface area contributed by atoms with Gasteiger partial charge in [0.2, 0.25) is 8.32 Å². The van der Waals surface area contributed by atoms with Crippen LogP contribution in [0, 0.1) is 0 Å². The van der Waals surface area contributed by atoms with Crippen molar-refractivity contribution in [3.8, 4) is 0 Å². The molecule has 3 heteroatoms. The molecule has 1 aromatic carbocycles. The second-order valence-corrected chi connectivity index (χ2v) is 14.9.